The van der Waals surface area contributed by atoms with Crippen LogP contribution in [0.4, 0.5) is 4.39 Å². The van der Waals surface area contributed by atoms with E-state index in [1.54, 1.807) is 13.0 Å². The molecule has 17 heavy (non-hydrogen) atoms. The van der Waals surface area contributed by atoms with Gasteiger partial charge in [-0.25, -0.2) is 9.37 Å². The van der Waals surface area contributed by atoms with Gasteiger partial charge in [0.15, 0.2) is 0 Å². The molecule has 0 atom stereocenters. The van der Waals surface area contributed by atoms with Crippen LogP contribution >= 0.6 is 23.2 Å². The van der Waals surface area contributed by atoms with Crippen molar-refractivity contribution in [2.75, 3.05) is 0 Å². The number of H-pyrrole nitrogens is 1. The van der Waals surface area contributed by atoms with E-state index in [4.69, 9.17) is 23.2 Å². The molecule has 0 fully saturated rings. The number of rotatable bonds is 0. The van der Waals surface area contributed by atoms with Crippen LogP contribution in [-0.2, 0) is 0 Å². The smallest absolute Gasteiger partial charge is 0.139 e. The van der Waals surface area contributed by atoms with Gasteiger partial charge in [0.2, 0.25) is 0 Å². The lowest BCUT2D eigenvalue weighted by Gasteiger charge is -2.01. The van der Waals surface area contributed by atoms with Crippen LogP contribution in [0.15, 0.2) is 18.3 Å². The zero-order chi connectivity index (χ0) is 12.2. The third kappa shape index (κ3) is 1.43. The first kappa shape index (κ1) is 10.8. The molecule has 2 nitrogen and oxygen atoms in total. The summed E-state index contributed by atoms with van der Waals surface area (Å²) in [7, 11) is 0. The van der Waals surface area contributed by atoms with Crippen LogP contribution in [0.5, 0.6) is 0 Å². The standard InChI is InChI=1S/C12H7Cl2FN2/c1-5-7(15)2-3-8-9(5)10-11(14)6(13)4-16-12(10)17-8/h2-4H,1H3,(H,16,17). The van der Waals surface area contributed by atoms with E-state index in [0.29, 0.717) is 26.6 Å². The summed E-state index contributed by atoms with van der Waals surface area (Å²) >= 11 is 12.1. The molecule has 0 radical (unpaired) electrons. The van der Waals surface area contributed by atoms with Crippen molar-refractivity contribution in [1.29, 1.82) is 0 Å². The molecule has 5 heteroatoms. The summed E-state index contributed by atoms with van der Waals surface area (Å²) in [4.78, 5) is 7.25. The number of benzene rings is 1. The fraction of sp³-hybridized carbons (Fsp3) is 0.0833. The minimum atomic E-state index is -0.269. The maximum Gasteiger partial charge on any atom is 0.139 e. The fourth-order valence-corrected chi connectivity index (χ4v) is 2.40. The topological polar surface area (TPSA) is 28.7 Å². The lowest BCUT2D eigenvalue weighted by Crippen LogP contribution is -1.83. The molecule has 0 aliphatic carbocycles. The van der Waals surface area contributed by atoms with Crippen LogP contribution in [0, 0.1) is 12.7 Å². The van der Waals surface area contributed by atoms with Crippen molar-refractivity contribution in [2.45, 2.75) is 6.92 Å². The highest BCUT2D eigenvalue weighted by Crippen LogP contribution is 2.36. The second kappa shape index (κ2) is 3.59. The van der Waals surface area contributed by atoms with Crippen molar-refractivity contribution in [1.82, 2.24) is 9.97 Å². The molecule has 3 aromatic rings. The van der Waals surface area contributed by atoms with Crippen LogP contribution in [-0.4, -0.2) is 9.97 Å². The Morgan fingerprint density at radius 1 is 1.24 bits per heavy atom. The number of aryl methyl sites for hydroxylation is 1. The SMILES string of the molecule is Cc1c(F)ccc2[nH]c3ncc(Cl)c(Cl)c3c12. The van der Waals surface area contributed by atoms with Gasteiger partial charge in [-0.05, 0) is 24.6 Å². The van der Waals surface area contributed by atoms with Crippen LogP contribution in [0.2, 0.25) is 10.0 Å². The van der Waals surface area contributed by atoms with E-state index in [-0.39, 0.29) is 5.82 Å². The number of aromatic nitrogens is 2. The van der Waals surface area contributed by atoms with Crippen molar-refractivity contribution in [3.8, 4) is 0 Å². The number of hydrogen-bond donors (Lipinski definition) is 1. The Hall–Kier alpha value is -1.32. The molecule has 0 spiro atoms. The van der Waals surface area contributed by atoms with Crippen molar-refractivity contribution in [3.05, 3.63) is 39.8 Å². The van der Waals surface area contributed by atoms with Crippen LogP contribution in [0.1, 0.15) is 5.56 Å². The van der Waals surface area contributed by atoms with Crippen molar-refractivity contribution >= 4 is 45.1 Å². The largest absolute Gasteiger partial charge is 0.339 e. The molecule has 0 amide bonds. The van der Waals surface area contributed by atoms with Gasteiger partial charge in [-0.15, -0.1) is 0 Å². The molecule has 0 saturated heterocycles. The molecule has 0 aliphatic rings. The molecule has 0 saturated carbocycles. The monoisotopic (exact) mass is 268 g/mol. The van der Waals surface area contributed by atoms with Crippen molar-refractivity contribution < 1.29 is 4.39 Å². The number of aromatic amines is 1. The second-order valence-corrected chi connectivity index (χ2v) is 4.65. The Kier molecular flexibility index (Phi) is 2.28. The minimum absolute atomic E-state index is 0.269. The Morgan fingerprint density at radius 3 is 2.76 bits per heavy atom. The highest BCUT2D eigenvalue weighted by Gasteiger charge is 2.15. The Morgan fingerprint density at radius 2 is 2.00 bits per heavy atom. The summed E-state index contributed by atoms with van der Waals surface area (Å²) in [5.74, 6) is -0.269. The fourth-order valence-electron chi connectivity index (χ4n) is 2.03. The number of hydrogen-bond acceptors (Lipinski definition) is 1. The zero-order valence-corrected chi connectivity index (χ0v) is 10.3. The number of nitrogens with zero attached hydrogens (tertiary/aromatic N) is 1. The normalized spacial score (nSPS) is 11.5. The average molecular weight is 269 g/mol. The van der Waals surface area contributed by atoms with Crippen molar-refractivity contribution in [3.63, 3.8) is 0 Å². The van der Waals surface area contributed by atoms with E-state index in [1.165, 1.54) is 12.3 Å². The predicted octanol–water partition coefficient (Wildman–Crippen LogP) is 4.47. The highest BCUT2D eigenvalue weighted by atomic mass is 35.5. The van der Waals surface area contributed by atoms with Crippen molar-refractivity contribution in [2.24, 2.45) is 0 Å². The highest BCUT2D eigenvalue weighted by molar-refractivity contribution is 6.46. The minimum Gasteiger partial charge on any atom is -0.339 e. The molecular formula is C12H7Cl2FN2. The van der Waals surface area contributed by atoms with Gasteiger partial charge < -0.3 is 4.98 Å². The molecule has 0 bridgehead atoms. The Bertz CT molecular complexity index is 687. The van der Waals surface area contributed by atoms with Gasteiger partial charge in [0.25, 0.3) is 0 Å². The van der Waals surface area contributed by atoms with E-state index in [2.05, 4.69) is 9.97 Å². The van der Waals surface area contributed by atoms with E-state index >= 15 is 0 Å². The van der Waals surface area contributed by atoms with Crippen LogP contribution < -0.4 is 0 Å². The lowest BCUT2D eigenvalue weighted by atomic mass is 10.1. The summed E-state index contributed by atoms with van der Waals surface area (Å²) in [5.41, 5.74) is 1.96. The number of fused-ring (bicyclic) bond motifs is 3. The molecule has 86 valence electrons. The molecule has 3 rings (SSSR count). The summed E-state index contributed by atoms with van der Waals surface area (Å²) < 4.78 is 13.6. The first-order valence-corrected chi connectivity index (χ1v) is 5.75. The summed E-state index contributed by atoms with van der Waals surface area (Å²) in [6, 6.07) is 3.09. The molecule has 2 heterocycles. The van der Waals surface area contributed by atoms with Gasteiger partial charge in [-0.3, -0.25) is 0 Å². The average Bonchev–Trinajstić information content (AvgIpc) is 2.69. The maximum absolute atomic E-state index is 13.6. The first-order valence-electron chi connectivity index (χ1n) is 5.00. The second-order valence-electron chi connectivity index (χ2n) is 3.86. The van der Waals surface area contributed by atoms with Crippen LogP contribution in [0.3, 0.4) is 0 Å². The number of nitrogens with one attached hydrogen (secondary N) is 1. The van der Waals surface area contributed by atoms with Gasteiger partial charge in [0.05, 0.1) is 10.0 Å². The van der Waals surface area contributed by atoms with Gasteiger partial charge in [0.1, 0.15) is 11.5 Å². The third-order valence-electron chi connectivity index (χ3n) is 2.87. The number of halogens is 3. The summed E-state index contributed by atoms with van der Waals surface area (Å²) in [6.45, 7) is 1.71. The van der Waals surface area contributed by atoms with E-state index < -0.39 is 0 Å². The summed E-state index contributed by atoms with van der Waals surface area (Å²) in [5, 5.41) is 2.17. The Labute approximate surface area is 106 Å². The maximum atomic E-state index is 13.6. The molecular weight excluding hydrogens is 262 g/mol. The van der Waals surface area contributed by atoms with E-state index in [1.807, 2.05) is 0 Å². The molecule has 1 N–H and O–H groups in total. The zero-order valence-electron chi connectivity index (χ0n) is 8.81. The molecule has 1 aromatic carbocycles. The van der Waals surface area contributed by atoms with E-state index in [9.17, 15) is 4.39 Å². The predicted molar refractivity (Wildman–Crippen MR) is 68.3 cm³/mol. The molecule has 0 unspecified atom stereocenters. The van der Waals surface area contributed by atoms with Crippen LogP contribution in [0.25, 0.3) is 21.9 Å². The van der Waals surface area contributed by atoms with Gasteiger partial charge in [-0.1, -0.05) is 23.2 Å². The molecule has 0 aliphatic heterocycles. The van der Waals surface area contributed by atoms with Gasteiger partial charge >= 0.3 is 0 Å². The summed E-state index contributed by atoms with van der Waals surface area (Å²) in [6.07, 6.45) is 1.48. The molecule has 2 aromatic heterocycles. The van der Waals surface area contributed by atoms with Gasteiger partial charge in [-0.2, -0.15) is 0 Å². The third-order valence-corrected chi connectivity index (χ3v) is 3.65. The Balaban J connectivity index is 2.65. The first-order chi connectivity index (χ1) is 8.09. The number of pyridine rings is 1. The van der Waals surface area contributed by atoms with E-state index in [0.717, 1.165) is 10.9 Å². The lowest BCUT2D eigenvalue weighted by molar-refractivity contribution is 0.621. The van der Waals surface area contributed by atoms with Gasteiger partial charge in [0, 0.05) is 22.5 Å². The quantitative estimate of drug-likeness (QED) is 0.640.